The fourth-order valence-corrected chi connectivity index (χ4v) is 2.01. The molecular weight excluding hydrogens is 219 g/mol. The largest absolute Gasteiger partial charge is 0.382 e. The van der Waals surface area contributed by atoms with Crippen LogP contribution in [0.25, 0.3) is 0 Å². The van der Waals surface area contributed by atoms with E-state index in [1.54, 1.807) is 36.0 Å². The van der Waals surface area contributed by atoms with Gasteiger partial charge < -0.3 is 9.67 Å². The first-order valence-electron chi connectivity index (χ1n) is 5.44. The number of aryl methyl sites for hydroxylation is 1. The summed E-state index contributed by atoms with van der Waals surface area (Å²) in [7, 11) is 1.82. The van der Waals surface area contributed by atoms with Crippen molar-refractivity contribution in [3.8, 4) is 0 Å². The molecule has 1 aromatic carbocycles. The van der Waals surface area contributed by atoms with Crippen molar-refractivity contribution in [3.63, 3.8) is 0 Å². The molecule has 3 nitrogen and oxygen atoms in total. The normalized spacial score (nSPS) is 14.6. The van der Waals surface area contributed by atoms with Crippen molar-refractivity contribution in [3.05, 3.63) is 53.9 Å². The van der Waals surface area contributed by atoms with E-state index < -0.39 is 5.60 Å². The van der Waals surface area contributed by atoms with Crippen molar-refractivity contribution in [2.45, 2.75) is 18.9 Å². The highest BCUT2D eigenvalue weighted by atomic mass is 19.1. The summed E-state index contributed by atoms with van der Waals surface area (Å²) in [5, 5.41) is 10.4. The molecule has 0 saturated carbocycles. The molecule has 1 atom stereocenters. The minimum absolute atomic E-state index is 0.293. The summed E-state index contributed by atoms with van der Waals surface area (Å²) < 4.78 is 14.8. The number of aromatic nitrogens is 2. The van der Waals surface area contributed by atoms with Crippen LogP contribution in [0.5, 0.6) is 0 Å². The molecule has 0 aliphatic rings. The van der Waals surface area contributed by atoms with Gasteiger partial charge in [-0.3, -0.25) is 0 Å². The molecule has 1 N–H and O–H groups in total. The first-order valence-corrected chi connectivity index (χ1v) is 5.44. The number of hydrogen-bond acceptors (Lipinski definition) is 2. The van der Waals surface area contributed by atoms with Gasteiger partial charge in [0.2, 0.25) is 0 Å². The summed E-state index contributed by atoms with van der Waals surface area (Å²) in [6, 6.07) is 6.25. The van der Waals surface area contributed by atoms with E-state index in [0.717, 1.165) is 5.56 Å². The molecule has 4 heteroatoms. The van der Waals surface area contributed by atoms with E-state index in [4.69, 9.17) is 0 Å². The second-order valence-corrected chi connectivity index (χ2v) is 4.44. The lowest BCUT2D eigenvalue weighted by atomic mass is 9.95. The molecule has 0 amide bonds. The fraction of sp³-hybridized carbons (Fsp3) is 0.308. The van der Waals surface area contributed by atoms with Crippen LogP contribution in [-0.2, 0) is 19.1 Å². The number of rotatable bonds is 3. The Balaban J connectivity index is 2.26. The van der Waals surface area contributed by atoms with Crippen LogP contribution in [0.1, 0.15) is 18.3 Å². The Morgan fingerprint density at radius 2 is 2.24 bits per heavy atom. The first kappa shape index (κ1) is 11.8. The van der Waals surface area contributed by atoms with Crippen LogP contribution in [0, 0.1) is 5.82 Å². The van der Waals surface area contributed by atoms with Crippen LogP contribution in [-0.4, -0.2) is 14.7 Å². The summed E-state index contributed by atoms with van der Waals surface area (Å²) >= 11 is 0. The molecule has 0 radical (unpaired) electrons. The second-order valence-electron chi connectivity index (χ2n) is 4.44. The zero-order valence-corrected chi connectivity index (χ0v) is 9.89. The molecular formula is C13H15FN2O. The van der Waals surface area contributed by atoms with Crippen molar-refractivity contribution >= 4 is 0 Å². The van der Waals surface area contributed by atoms with Crippen LogP contribution in [0.15, 0.2) is 36.7 Å². The SMILES string of the molecule is Cn1ccnc1C(C)(O)Cc1cccc(F)c1. The molecule has 0 spiro atoms. The number of imidazole rings is 1. The molecule has 0 saturated heterocycles. The Hall–Kier alpha value is -1.68. The summed E-state index contributed by atoms with van der Waals surface area (Å²) in [4.78, 5) is 4.13. The van der Waals surface area contributed by atoms with Gasteiger partial charge in [0, 0.05) is 25.9 Å². The third-order valence-corrected chi connectivity index (χ3v) is 2.74. The van der Waals surface area contributed by atoms with Gasteiger partial charge in [0.15, 0.2) is 0 Å². The van der Waals surface area contributed by atoms with Gasteiger partial charge in [-0.2, -0.15) is 0 Å². The van der Waals surface area contributed by atoms with Gasteiger partial charge >= 0.3 is 0 Å². The van der Waals surface area contributed by atoms with E-state index in [0.29, 0.717) is 12.2 Å². The Morgan fingerprint density at radius 3 is 2.82 bits per heavy atom. The van der Waals surface area contributed by atoms with Gasteiger partial charge in [-0.15, -0.1) is 0 Å². The van der Waals surface area contributed by atoms with Gasteiger partial charge in [0.1, 0.15) is 17.2 Å². The smallest absolute Gasteiger partial charge is 0.140 e. The first-order chi connectivity index (χ1) is 7.99. The summed E-state index contributed by atoms with van der Waals surface area (Å²) in [6.45, 7) is 1.68. The molecule has 0 bridgehead atoms. The lowest BCUT2D eigenvalue weighted by molar-refractivity contribution is 0.0453. The van der Waals surface area contributed by atoms with Crippen molar-refractivity contribution in [1.29, 1.82) is 0 Å². The van der Waals surface area contributed by atoms with Gasteiger partial charge in [-0.1, -0.05) is 12.1 Å². The summed E-state index contributed by atoms with van der Waals surface area (Å²) in [6.07, 6.45) is 3.74. The molecule has 2 aromatic rings. The standard InChI is InChI=1S/C13H15FN2O/c1-13(17,12-15-6-7-16(12)2)9-10-4-3-5-11(14)8-10/h3-8,17H,9H2,1-2H3. The molecule has 1 unspecified atom stereocenters. The highest BCUT2D eigenvalue weighted by Gasteiger charge is 2.27. The van der Waals surface area contributed by atoms with Crippen LogP contribution in [0.2, 0.25) is 0 Å². The van der Waals surface area contributed by atoms with Crippen LogP contribution in [0.4, 0.5) is 4.39 Å². The number of benzene rings is 1. The second kappa shape index (κ2) is 4.30. The van der Waals surface area contributed by atoms with Gasteiger partial charge in [-0.25, -0.2) is 9.37 Å². The Labute approximate surface area is 99.5 Å². The third kappa shape index (κ3) is 2.53. The van der Waals surface area contributed by atoms with E-state index in [1.807, 2.05) is 7.05 Å². The van der Waals surface area contributed by atoms with E-state index in [-0.39, 0.29) is 5.82 Å². The summed E-state index contributed by atoms with van der Waals surface area (Å²) in [5.74, 6) is 0.278. The number of nitrogens with zero attached hydrogens (tertiary/aromatic N) is 2. The van der Waals surface area contributed by atoms with E-state index in [9.17, 15) is 9.50 Å². The average molecular weight is 234 g/mol. The lowest BCUT2D eigenvalue weighted by Crippen LogP contribution is -2.28. The Morgan fingerprint density at radius 1 is 1.47 bits per heavy atom. The van der Waals surface area contributed by atoms with Gasteiger partial charge in [0.05, 0.1) is 0 Å². The fourth-order valence-electron chi connectivity index (χ4n) is 2.01. The average Bonchev–Trinajstić information content (AvgIpc) is 2.64. The van der Waals surface area contributed by atoms with Crippen molar-refractivity contribution in [2.24, 2.45) is 7.05 Å². The molecule has 1 heterocycles. The predicted molar refractivity (Wildman–Crippen MR) is 62.9 cm³/mol. The minimum Gasteiger partial charge on any atom is -0.382 e. The van der Waals surface area contributed by atoms with Crippen LogP contribution >= 0.6 is 0 Å². The Kier molecular flexibility index (Phi) is 2.98. The van der Waals surface area contributed by atoms with E-state index >= 15 is 0 Å². The predicted octanol–water partition coefficient (Wildman–Crippen LogP) is 2.01. The van der Waals surface area contributed by atoms with Crippen LogP contribution < -0.4 is 0 Å². The van der Waals surface area contributed by atoms with E-state index in [1.165, 1.54) is 12.1 Å². The maximum Gasteiger partial charge on any atom is 0.140 e. The molecule has 0 fully saturated rings. The number of aliphatic hydroxyl groups is 1. The molecule has 0 aliphatic heterocycles. The quantitative estimate of drug-likeness (QED) is 0.882. The molecule has 90 valence electrons. The number of halogens is 1. The molecule has 2 rings (SSSR count). The lowest BCUT2D eigenvalue weighted by Gasteiger charge is -2.22. The van der Waals surface area contributed by atoms with Crippen molar-refractivity contribution in [2.75, 3.05) is 0 Å². The monoisotopic (exact) mass is 234 g/mol. The molecule has 17 heavy (non-hydrogen) atoms. The van der Waals surface area contributed by atoms with Crippen LogP contribution in [0.3, 0.4) is 0 Å². The molecule has 1 aromatic heterocycles. The van der Waals surface area contributed by atoms with Gasteiger partial charge in [-0.05, 0) is 24.6 Å². The van der Waals surface area contributed by atoms with E-state index in [2.05, 4.69) is 4.98 Å². The highest BCUT2D eigenvalue weighted by Crippen LogP contribution is 2.23. The molecule has 0 aliphatic carbocycles. The Bertz CT molecular complexity index is 520. The third-order valence-electron chi connectivity index (χ3n) is 2.74. The van der Waals surface area contributed by atoms with Crippen molar-refractivity contribution < 1.29 is 9.50 Å². The topological polar surface area (TPSA) is 38.0 Å². The highest BCUT2D eigenvalue weighted by molar-refractivity contribution is 5.20. The van der Waals surface area contributed by atoms with Gasteiger partial charge in [0.25, 0.3) is 0 Å². The number of hydrogen-bond donors (Lipinski definition) is 1. The zero-order chi connectivity index (χ0) is 12.5. The maximum absolute atomic E-state index is 13.1. The maximum atomic E-state index is 13.1. The summed E-state index contributed by atoms with van der Waals surface area (Å²) in [5.41, 5.74) is -0.357. The zero-order valence-electron chi connectivity index (χ0n) is 9.89. The van der Waals surface area contributed by atoms with Crippen molar-refractivity contribution in [1.82, 2.24) is 9.55 Å². The minimum atomic E-state index is -1.11.